The fourth-order valence-electron chi connectivity index (χ4n) is 2.65. The smallest absolute Gasteiger partial charge is 0.222 e. The van der Waals surface area contributed by atoms with Crippen LogP contribution >= 0.6 is 0 Å². The number of hydrogen-bond donors (Lipinski definition) is 0. The Morgan fingerprint density at radius 2 is 1.45 bits per heavy atom. The molecule has 0 aromatic rings. The SMILES string of the molecule is CC(=O)CCCCCCC(=O)N1CCN(C(C)C)CC1. The number of amides is 1. The van der Waals surface area contributed by atoms with E-state index in [2.05, 4.69) is 18.7 Å². The van der Waals surface area contributed by atoms with E-state index in [1.807, 2.05) is 4.90 Å². The second-order valence-corrected chi connectivity index (χ2v) is 6.13. The Kier molecular flexibility index (Phi) is 7.82. The normalized spacial score (nSPS) is 16.7. The van der Waals surface area contributed by atoms with Crippen LogP contribution < -0.4 is 0 Å². The van der Waals surface area contributed by atoms with Crippen molar-refractivity contribution in [2.24, 2.45) is 0 Å². The fourth-order valence-corrected chi connectivity index (χ4v) is 2.65. The zero-order valence-corrected chi connectivity index (χ0v) is 13.4. The first kappa shape index (κ1) is 17.2. The Morgan fingerprint density at radius 1 is 0.900 bits per heavy atom. The monoisotopic (exact) mass is 282 g/mol. The summed E-state index contributed by atoms with van der Waals surface area (Å²) in [6, 6.07) is 0.577. The van der Waals surface area contributed by atoms with Crippen LogP contribution in [0, 0.1) is 0 Å². The molecule has 1 heterocycles. The van der Waals surface area contributed by atoms with Gasteiger partial charge in [-0.2, -0.15) is 0 Å². The summed E-state index contributed by atoms with van der Waals surface area (Å²) in [7, 11) is 0. The maximum atomic E-state index is 12.1. The van der Waals surface area contributed by atoms with Crippen molar-refractivity contribution in [2.75, 3.05) is 26.2 Å². The summed E-state index contributed by atoms with van der Waals surface area (Å²) in [5, 5.41) is 0. The molecule has 1 saturated heterocycles. The average molecular weight is 282 g/mol. The number of Topliss-reactive ketones (excluding diaryl/α,β-unsaturated/α-hetero) is 1. The Morgan fingerprint density at radius 3 is 1.95 bits per heavy atom. The summed E-state index contributed by atoms with van der Waals surface area (Å²) in [6.07, 6.45) is 5.41. The molecule has 0 bridgehead atoms. The molecule has 0 spiro atoms. The number of hydrogen-bond acceptors (Lipinski definition) is 3. The van der Waals surface area contributed by atoms with E-state index in [-0.39, 0.29) is 5.78 Å². The average Bonchev–Trinajstić information content (AvgIpc) is 2.42. The van der Waals surface area contributed by atoms with E-state index in [4.69, 9.17) is 0 Å². The topological polar surface area (TPSA) is 40.6 Å². The third-order valence-electron chi connectivity index (χ3n) is 4.07. The first-order chi connectivity index (χ1) is 9.50. The second kappa shape index (κ2) is 9.11. The fraction of sp³-hybridized carbons (Fsp3) is 0.875. The molecule has 0 aromatic heterocycles. The van der Waals surface area contributed by atoms with Crippen molar-refractivity contribution in [1.82, 2.24) is 9.80 Å². The van der Waals surface area contributed by atoms with Gasteiger partial charge < -0.3 is 9.69 Å². The minimum atomic E-state index is 0.268. The Balaban J connectivity index is 2.07. The van der Waals surface area contributed by atoms with Crippen LogP contribution in [0.3, 0.4) is 0 Å². The van der Waals surface area contributed by atoms with Crippen molar-refractivity contribution in [1.29, 1.82) is 0 Å². The molecule has 0 atom stereocenters. The van der Waals surface area contributed by atoms with Crippen molar-refractivity contribution in [3.8, 4) is 0 Å². The number of carbonyl (C=O) groups is 2. The first-order valence-corrected chi connectivity index (χ1v) is 8.02. The number of carbonyl (C=O) groups excluding carboxylic acids is 2. The van der Waals surface area contributed by atoms with Crippen molar-refractivity contribution >= 4 is 11.7 Å². The molecule has 0 aliphatic carbocycles. The van der Waals surface area contributed by atoms with Crippen LogP contribution in [0.5, 0.6) is 0 Å². The van der Waals surface area contributed by atoms with Gasteiger partial charge in [-0.25, -0.2) is 0 Å². The molecule has 0 radical (unpaired) electrons. The van der Waals surface area contributed by atoms with Crippen molar-refractivity contribution < 1.29 is 9.59 Å². The molecule has 20 heavy (non-hydrogen) atoms. The highest BCUT2D eigenvalue weighted by Gasteiger charge is 2.21. The van der Waals surface area contributed by atoms with Gasteiger partial charge in [-0.3, -0.25) is 9.69 Å². The molecular weight excluding hydrogens is 252 g/mol. The number of piperazine rings is 1. The van der Waals surface area contributed by atoms with E-state index < -0.39 is 0 Å². The van der Waals surface area contributed by atoms with Gasteiger partial charge in [0.25, 0.3) is 0 Å². The molecule has 116 valence electrons. The molecular formula is C16H30N2O2. The van der Waals surface area contributed by atoms with Crippen molar-refractivity contribution in [2.45, 2.75) is 65.3 Å². The highest BCUT2D eigenvalue weighted by atomic mass is 16.2. The lowest BCUT2D eigenvalue weighted by molar-refractivity contribution is -0.133. The molecule has 0 saturated carbocycles. The van der Waals surface area contributed by atoms with Gasteiger partial charge in [0.1, 0.15) is 5.78 Å². The van der Waals surface area contributed by atoms with Crippen LogP contribution in [0.1, 0.15) is 59.3 Å². The second-order valence-electron chi connectivity index (χ2n) is 6.13. The molecule has 4 nitrogen and oxygen atoms in total. The van der Waals surface area contributed by atoms with Gasteiger partial charge in [-0.15, -0.1) is 0 Å². The van der Waals surface area contributed by atoms with E-state index in [0.717, 1.165) is 51.9 Å². The lowest BCUT2D eigenvalue weighted by Gasteiger charge is -2.37. The quantitative estimate of drug-likeness (QED) is 0.642. The van der Waals surface area contributed by atoms with Crippen molar-refractivity contribution in [3.05, 3.63) is 0 Å². The Bertz CT molecular complexity index is 308. The van der Waals surface area contributed by atoms with Crippen LogP contribution in [0.2, 0.25) is 0 Å². The van der Waals surface area contributed by atoms with Crippen LogP contribution in [0.25, 0.3) is 0 Å². The molecule has 1 aliphatic heterocycles. The zero-order chi connectivity index (χ0) is 15.0. The molecule has 1 aliphatic rings. The third kappa shape index (κ3) is 6.51. The summed E-state index contributed by atoms with van der Waals surface area (Å²) < 4.78 is 0. The Labute approximate surface area is 123 Å². The standard InChI is InChI=1S/C16H30N2O2/c1-14(2)17-10-12-18(13-11-17)16(20)9-7-5-4-6-8-15(3)19/h14H,4-13H2,1-3H3. The molecule has 1 rings (SSSR count). The summed E-state index contributed by atoms with van der Waals surface area (Å²) in [6.45, 7) is 9.81. The molecule has 1 amide bonds. The van der Waals surface area contributed by atoms with Gasteiger partial charge in [-0.1, -0.05) is 12.8 Å². The number of unbranched alkanes of at least 4 members (excludes halogenated alkanes) is 3. The maximum absolute atomic E-state index is 12.1. The lowest BCUT2D eigenvalue weighted by atomic mass is 10.1. The van der Waals surface area contributed by atoms with E-state index in [0.29, 0.717) is 24.8 Å². The van der Waals surface area contributed by atoms with Crippen molar-refractivity contribution in [3.63, 3.8) is 0 Å². The van der Waals surface area contributed by atoms with Crippen LogP contribution in [0.4, 0.5) is 0 Å². The molecule has 0 unspecified atom stereocenters. The predicted octanol–water partition coefficient (Wildman–Crippen LogP) is 2.47. The molecule has 4 heteroatoms. The maximum Gasteiger partial charge on any atom is 0.222 e. The lowest BCUT2D eigenvalue weighted by Crippen LogP contribution is -2.50. The van der Waals surface area contributed by atoms with Crippen LogP contribution in [0.15, 0.2) is 0 Å². The van der Waals surface area contributed by atoms with Gasteiger partial charge in [0, 0.05) is 45.1 Å². The minimum Gasteiger partial charge on any atom is -0.340 e. The number of rotatable bonds is 8. The van der Waals surface area contributed by atoms with Gasteiger partial charge >= 0.3 is 0 Å². The van der Waals surface area contributed by atoms with Gasteiger partial charge in [0.15, 0.2) is 0 Å². The highest BCUT2D eigenvalue weighted by molar-refractivity contribution is 5.76. The largest absolute Gasteiger partial charge is 0.340 e. The van der Waals surface area contributed by atoms with Crippen LogP contribution in [-0.2, 0) is 9.59 Å². The summed E-state index contributed by atoms with van der Waals surface area (Å²) in [4.78, 5) is 27.3. The predicted molar refractivity (Wildman–Crippen MR) is 81.7 cm³/mol. The summed E-state index contributed by atoms with van der Waals surface area (Å²) >= 11 is 0. The van der Waals surface area contributed by atoms with Gasteiger partial charge in [0.2, 0.25) is 5.91 Å². The number of nitrogens with zero attached hydrogens (tertiary/aromatic N) is 2. The van der Waals surface area contributed by atoms with E-state index in [1.54, 1.807) is 6.92 Å². The molecule has 0 N–H and O–H groups in total. The zero-order valence-electron chi connectivity index (χ0n) is 13.4. The van der Waals surface area contributed by atoms with Gasteiger partial charge in [-0.05, 0) is 33.6 Å². The third-order valence-corrected chi connectivity index (χ3v) is 4.07. The van der Waals surface area contributed by atoms with E-state index in [9.17, 15) is 9.59 Å². The minimum absolute atomic E-state index is 0.268. The highest BCUT2D eigenvalue weighted by Crippen LogP contribution is 2.10. The molecule has 1 fully saturated rings. The van der Waals surface area contributed by atoms with Gasteiger partial charge in [0.05, 0.1) is 0 Å². The summed E-state index contributed by atoms with van der Waals surface area (Å²) in [5.74, 6) is 0.573. The Hall–Kier alpha value is -0.900. The van der Waals surface area contributed by atoms with E-state index in [1.165, 1.54) is 0 Å². The number of ketones is 1. The molecule has 0 aromatic carbocycles. The van der Waals surface area contributed by atoms with E-state index >= 15 is 0 Å². The first-order valence-electron chi connectivity index (χ1n) is 8.02. The van der Waals surface area contributed by atoms with Crippen LogP contribution in [-0.4, -0.2) is 53.7 Å². The summed E-state index contributed by atoms with van der Waals surface area (Å²) in [5.41, 5.74) is 0.